The summed E-state index contributed by atoms with van der Waals surface area (Å²) in [6, 6.07) is 57.9. The molecule has 0 unspecified atom stereocenters. The number of anilines is 4. The molecule has 0 bridgehead atoms. The Morgan fingerprint density at radius 2 is 1.08 bits per heavy atom. The van der Waals surface area contributed by atoms with Crippen LogP contribution in [-0.2, 0) is 0 Å². The molecule has 8 aromatic rings. The van der Waals surface area contributed by atoms with E-state index in [2.05, 4.69) is 246 Å². The number of aryl methyl sites for hydroxylation is 2. The third-order valence-corrected chi connectivity index (χ3v) is 12.7. The standard InChI is InChI=1S/C60H54N2S/c1-8-11-20-50(17-9-2)61(45(7)28-23-42(4)10-3)59-53-21-15-16-22-54(53)60(62(51-34-24-43(5)25-35-51)52-36-26-44(6)27-37-52)56-41-49(33-38-55(56)59)46-29-31-48(32-30-46)58-40-39-57(63-58)47-18-13-12-14-19-47/h9-41H,2-3,8H2,1,4-7H3/b20-11-,42-23-,45-28+,50-17+. The normalized spacial score (nSPS) is 12.3. The molecule has 3 heteroatoms. The summed E-state index contributed by atoms with van der Waals surface area (Å²) in [7, 11) is 0. The van der Waals surface area contributed by atoms with Gasteiger partial charge in [-0.15, -0.1) is 11.3 Å². The molecule has 0 aliphatic heterocycles. The van der Waals surface area contributed by atoms with Gasteiger partial charge in [-0.2, -0.15) is 0 Å². The van der Waals surface area contributed by atoms with Gasteiger partial charge in [0.05, 0.1) is 11.4 Å². The van der Waals surface area contributed by atoms with Gasteiger partial charge in [0.2, 0.25) is 0 Å². The summed E-state index contributed by atoms with van der Waals surface area (Å²) in [5, 5.41) is 4.57. The van der Waals surface area contributed by atoms with Gasteiger partial charge in [0.15, 0.2) is 0 Å². The molecular formula is C60H54N2S. The van der Waals surface area contributed by atoms with E-state index in [1.807, 2.05) is 23.5 Å². The van der Waals surface area contributed by atoms with Gasteiger partial charge in [-0.3, -0.25) is 0 Å². The zero-order valence-electron chi connectivity index (χ0n) is 37.0. The summed E-state index contributed by atoms with van der Waals surface area (Å²) >= 11 is 1.83. The van der Waals surface area contributed by atoms with Crippen molar-refractivity contribution in [1.82, 2.24) is 0 Å². The molecular weight excluding hydrogens is 781 g/mol. The minimum Gasteiger partial charge on any atom is -0.313 e. The van der Waals surface area contributed by atoms with E-state index < -0.39 is 0 Å². The minimum atomic E-state index is 0.909. The van der Waals surface area contributed by atoms with Crippen LogP contribution >= 0.6 is 11.3 Å². The van der Waals surface area contributed by atoms with Gasteiger partial charge in [0, 0.05) is 54.1 Å². The predicted octanol–water partition coefficient (Wildman–Crippen LogP) is 18.0. The summed E-state index contributed by atoms with van der Waals surface area (Å²) in [5.41, 5.74) is 14.8. The van der Waals surface area contributed by atoms with Crippen LogP contribution in [0.25, 0.3) is 53.6 Å². The third kappa shape index (κ3) is 9.07. The number of hydrogen-bond donors (Lipinski definition) is 0. The highest BCUT2D eigenvalue weighted by Gasteiger charge is 2.26. The number of hydrogen-bond acceptors (Lipinski definition) is 3. The molecule has 0 spiro atoms. The smallest absolute Gasteiger partial charge is 0.0620 e. The second kappa shape index (κ2) is 19.2. The van der Waals surface area contributed by atoms with Crippen LogP contribution in [-0.4, -0.2) is 0 Å². The van der Waals surface area contributed by atoms with Crippen LogP contribution in [0.3, 0.4) is 0 Å². The number of benzene rings is 7. The summed E-state index contributed by atoms with van der Waals surface area (Å²) in [5.74, 6) is 0. The van der Waals surface area contributed by atoms with E-state index in [9.17, 15) is 0 Å². The number of thiophene rings is 1. The number of allylic oxidation sites excluding steroid dienone is 9. The van der Waals surface area contributed by atoms with Crippen LogP contribution < -0.4 is 9.80 Å². The first-order valence-corrected chi connectivity index (χ1v) is 22.5. The zero-order chi connectivity index (χ0) is 43.9. The average molecular weight is 835 g/mol. The average Bonchev–Trinajstić information content (AvgIpc) is 3.82. The number of fused-ring (bicyclic) bond motifs is 2. The summed E-state index contributed by atoms with van der Waals surface area (Å²) in [6.07, 6.45) is 15.6. The van der Waals surface area contributed by atoms with Crippen molar-refractivity contribution in [3.8, 4) is 32.0 Å². The van der Waals surface area contributed by atoms with Crippen molar-refractivity contribution in [2.24, 2.45) is 0 Å². The van der Waals surface area contributed by atoms with E-state index in [4.69, 9.17) is 0 Å². The molecule has 0 N–H and O–H groups in total. The van der Waals surface area contributed by atoms with Crippen molar-refractivity contribution in [3.05, 3.63) is 242 Å². The maximum atomic E-state index is 4.17. The first kappa shape index (κ1) is 42.5. The Balaban J connectivity index is 1.42. The quantitative estimate of drug-likeness (QED) is 0.0612. The van der Waals surface area contributed by atoms with Gasteiger partial charge in [-0.1, -0.05) is 176 Å². The molecule has 8 rings (SSSR count). The lowest BCUT2D eigenvalue weighted by Gasteiger charge is -2.33. The first-order valence-electron chi connectivity index (χ1n) is 21.7. The van der Waals surface area contributed by atoms with Crippen molar-refractivity contribution in [2.45, 2.75) is 41.0 Å². The van der Waals surface area contributed by atoms with E-state index in [1.165, 1.54) is 32.0 Å². The molecule has 1 aromatic heterocycles. The van der Waals surface area contributed by atoms with Crippen molar-refractivity contribution >= 4 is 55.6 Å². The highest BCUT2D eigenvalue weighted by Crippen LogP contribution is 2.50. The van der Waals surface area contributed by atoms with E-state index in [0.29, 0.717) is 0 Å². The van der Waals surface area contributed by atoms with E-state index in [1.54, 1.807) is 0 Å². The Bertz CT molecular complexity index is 2980. The molecule has 0 amide bonds. The Hall–Kier alpha value is -7.20. The molecule has 0 aliphatic rings. The molecule has 0 aliphatic carbocycles. The van der Waals surface area contributed by atoms with Crippen molar-refractivity contribution in [2.75, 3.05) is 9.80 Å². The molecule has 310 valence electrons. The fourth-order valence-electron chi connectivity index (χ4n) is 8.13. The Kier molecular flexibility index (Phi) is 13.0. The van der Waals surface area contributed by atoms with Crippen molar-refractivity contribution < 1.29 is 0 Å². The second-order valence-electron chi connectivity index (χ2n) is 16.0. The monoisotopic (exact) mass is 834 g/mol. The van der Waals surface area contributed by atoms with Crippen LogP contribution in [0, 0.1) is 13.8 Å². The van der Waals surface area contributed by atoms with Crippen molar-refractivity contribution in [1.29, 1.82) is 0 Å². The SMILES string of the molecule is C=C/C=C(\C=C/CC)N(/C(C)=C/C=C(/C)C=C)c1c2ccccc2c(N(c2ccc(C)cc2)c2ccc(C)cc2)c2cc(-c3ccc(-c4ccc(-c5ccccc5)s4)cc3)ccc12. The van der Waals surface area contributed by atoms with Gasteiger partial charge in [0.1, 0.15) is 0 Å². The highest BCUT2D eigenvalue weighted by molar-refractivity contribution is 7.18. The summed E-state index contributed by atoms with van der Waals surface area (Å²) in [6.45, 7) is 18.9. The highest BCUT2D eigenvalue weighted by atomic mass is 32.1. The van der Waals surface area contributed by atoms with Crippen LogP contribution in [0.1, 0.15) is 38.3 Å². The van der Waals surface area contributed by atoms with Gasteiger partial charge in [-0.05, 0) is 117 Å². The maximum Gasteiger partial charge on any atom is 0.0620 e. The first-order chi connectivity index (χ1) is 30.8. The lowest BCUT2D eigenvalue weighted by Crippen LogP contribution is -2.21. The number of rotatable bonds is 14. The molecule has 2 nitrogen and oxygen atoms in total. The third-order valence-electron chi connectivity index (χ3n) is 11.5. The van der Waals surface area contributed by atoms with E-state index in [0.717, 1.165) is 78.8 Å². The fourth-order valence-corrected chi connectivity index (χ4v) is 9.15. The molecule has 0 saturated carbocycles. The molecule has 0 atom stereocenters. The Morgan fingerprint density at radius 3 is 1.67 bits per heavy atom. The fraction of sp³-hybridized carbons (Fsp3) is 0.100. The Labute approximate surface area is 378 Å². The predicted molar refractivity (Wildman–Crippen MR) is 278 cm³/mol. The van der Waals surface area contributed by atoms with Crippen LogP contribution in [0.5, 0.6) is 0 Å². The summed E-state index contributed by atoms with van der Waals surface area (Å²) < 4.78 is 0. The van der Waals surface area contributed by atoms with Crippen molar-refractivity contribution in [3.63, 3.8) is 0 Å². The molecule has 1 heterocycles. The number of nitrogens with zero attached hydrogens (tertiary/aromatic N) is 2. The molecule has 0 saturated heterocycles. The van der Waals surface area contributed by atoms with E-state index >= 15 is 0 Å². The van der Waals surface area contributed by atoms with Gasteiger partial charge in [-0.25, -0.2) is 0 Å². The maximum absolute atomic E-state index is 4.17. The van der Waals surface area contributed by atoms with Crippen LogP contribution in [0.2, 0.25) is 0 Å². The lowest BCUT2D eigenvalue weighted by molar-refractivity contribution is 1.10. The molecule has 63 heavy (non-hydrogen) atoms. The zero-order valence-corrected chi connectivity index (χ0v) is 37.8. The second-order valence-corrected chi connectivity index (χ2v) is 17.1. The van der Waals surface area contributed by atoms with Crippen LogP contribution in [0.15, 0.2) is 230 Å². The van der Waals surface area contributed by atoms with Gasteiger partial charge < -0.3 is 9.80 Å². The molecule has 0 radical (unpaired) electrons. The van der Waals surface area contributed by atoms with E-state index in [-0.39, 0.29) is 0 Å². The summed E-state index contributed by atoms with van der Waals surface area (Å²) in [4.78, 5) is 7.37. The lowest BCUT2D eigenvalue weighted by atomic mass is 9.92. The van der Waals surface area contributed by atoms with Gasteiger partial charge >= 0.3 is 0 Å². The topological polar surface area (TPSA) is 6.48 Å². The largest absolute Gasteiger partial charge is 0.313 e. The minimum absolute atomic E-state index is 0.909. The molecule has 0 fully saturated rings. The van der Waals surface area contributed by atoms with Gasteiger partial charge in [0.25, 0.3) is 0 Å². The van der Waals surface area contributed by atoms with Crippen LogP contribution in [0.4, 0.5) is 22.7 Å². The molecule has 7 aromatic carbocycles. The Morgan fingerprint density at radius 1 is 0.540 bits per heavy atom.